The molecule has 1 saturated carbocycles. The standard InChI is InChI=1S/C23H35N3O4/c1-15-12-25(3)16(2)14-30-20-10-9-18(24-22(27)17-7-6-8-17)11-19(20)23(28)26(4)13-21(15)29-5/h9-11,15-17,21H,6-8,12-14H2,1-5H3,(H,24,27)/t15-,16+,21+/m1/s1. The average molecular weight is 418 g/mol. The predicted octanol–water partition coefficient (Wildman–Crippen LogP) is 2.86. The number of carbonyl (C=O) groups excluding carboxylic acids is 2. The van der Waals surface area contributed by atoms with Crippen molar-refractivity contribution in [1.29, 1.82) is 0 Å². The summed E-state index contributed by atoms with van der Waals surface area (Å²) in [6, 6.07) is 5.51. The van der Waals surface area contributed by atoms with Crippen LogP contribution in [-0.4, -0.2) is 74.7 Å². The summed E-state index contributed by atoms with van der Waals surface area (Å²) in [4.78, 5) is 29.6. The fourth-order valence-corrected chi connectivity index (χ4v) is 3.95. The van der Waals surface area contributed by atoms with E-state index in [9.17, 15) is 9.59 Å². The number of anilines is 1. The van der Waals surface area contributed by atoms with Crippen LogP contribution >= 0.6 is 0 Å². The molecule has 0 aromatic heterocycles. The topological polar surface area (TPSA) is 71.1 Å². The molecule has 3 atom stereocenters. The number of likely N-dealkylation sites (N-methyl/N-ethyl adjacent to an activating group) is 2. The van der Waals surface area contributed by atoms with Crippen LogP contribution in [0.5, 0.6) is 5.75 Å². The lowest BCUT2D eigenvalue weighted by atomic mass is 9.85. The van der Waals surface area contributed by atoms with E-state index in [4.69, 9.17) is 9.47 Å². The zero-order chi connectivity index (χ0) is 21.8. The van der Waals surface area contributed by atoms with Crippen molar-refractivity contribution >= 4 is 17.5 Å². The number of hydrogen-bond donors (Lipinski definition) is 1. The van der Waals surface area contributed by atoms with Crippen molar-refractivity contribution in [3.63, 3.8) is 0 Å². The van der Waals surface area contributed by atoms with Crippen molar-refractivity contribution < 1.29 is 19.1 Å². The monoisotopic (exact) mass is 417 g/mol. The summed E-state index contributed by atoms with van der Waals surface area (Å²) in [5.74, 6) is 0.766. The van der Waals surface area contributed by atoms with Gasteiger partial charge in [-0.3, -0.25) is 14.5 Å². The molecule has 1 heterocycles. The van der Waals surface area contributed by atoms with Gasteiger partial charge in [-0.2, -0.15) is 0 Å². The summed E-state index contributed by atoms with van der Waals surface area (Å²) < 4.78 is 11.8. The lowest BCUT2D eigenvalue weighted by molar-refractivity contribution is -0.122. The average Bonchev–Trinajstić information content (AvgIpc) is 2.67. The van der Waals surface area contributed by atoms with E-state index in [2.05, 4.69) is 31.1 Å². The number of fused-ring (bicyclic) bond motifs is 1. The van der Waals surface area contributed by atoms with Crippen molar-refractivity contribution in [2.75, 3.05) is 46.2 Å². The highest BCUT2D eigenvalue weighted by molar-refractivity contribution is 5.99. The number of benzene rings is 1. The second-order valence-corrected chi connectivity index (χ2v) is 8.86. The largest absolute Gasteiger partial charge is 0.491 e. The molecule has 3 rings (SSSR count). The maximum absolute atomic E-state index is 13.3. The number of nitrogens with one attached hydrogen (secondary N) is 1. The molecule has 166 valence electrons. The number of amides is 2. The number of ether oxygens (including phenoxy) is 2. The van der Waals surface area contributed by atoms with Crippen molar-refractivity contribution in [3.8, 4) is 5.75 Å². The first-order chi connectivity index (χ1) is 14.3. The molecule has 0 spiro atoms. The Morgan fingerprint density at radius 2 is 1.93 bits per heavy atom. The van der Waals surface area contributed by atoms with E-state index in [1.807, 2.05) is 6.07 Å². The maximum Gasteiger partial charge on any atom is 0.257 e. The first-order valence-corrected chi connectivity index (χ1v) is 10.9. The van der Waals surface area contributed by atoms with E-state index >= 15 is 0 Å². The molecule has 1 aromatic carbocycles. The maximum atomic E-state index is 13.3. The molecule has 1 aliphatic heterocycles. The lowest BCUT2D eigenvalue weighted by Crippen LogP contribution is -2.45. The number of nitrogens with zero attached hydrogens (tertiary/aromatic N) is 2. The van der Waals surface area contributed by atoms with Crippen LogP contribution in [0.4, 0.5) is 5.69 Å². The van der Waals surface area contributed by atoms with Crippen molar-refractivity contribution in [1.82, 2.24) is 9.80 Å². The highest BCUT2D eigenvalue weighted by atomic mass is 16.5. The summed E-state index contributed by atoms with van der Waals surface area (Å²) >= 11 is 0. The zero-order valence-corrected chi connectivity index (χ0v) is 18.8. The number of rotatable bonds is 3. The molecule has 1 fully saturated rings. The molecule has 0 radical (unpaired) electrons. The van der Waals surface area contributed by atoms with Gasteiger partial charge in [0, 0.05) is 44.9 Å². The minimum Gasteiger partial charge on any atom is -0.491 e. The molecule has 0 unspecified atom stereocenters. The highest BCUT2D eigenvalue weighted by Gasteiger charge is 2.28. The molecular weight excluding hydrogens is 382 g/mol. The molecular formula is C23H35N3O4. The van der Waals surface area contributed by atoms with Crippen molar-refractivity contribution in [2.24, 2.45) is 11.8 Å². The van der Waals surface area contributed by atoms with Crippen LogP contribution < -0.4 is 10.1 Å². The third-order valence-electron chi connectivity index (χ3n) is 6.50. The first-order valence-electron chi connectivity index (χ1n) is 10.9. The molecule has 0 saturated heterocycles. The molecule has 0 bridgehead atoms. The Morgan fingerprint density at radius 3 is 2.57 bits per heavy atom. The summed E-state index contributed by atoms with van der Waals surface area (Å²) in [5, 5.41) is 2.96. The van der Waals surface area contributed by atoms with E-state index in [0.717, 1.165) is 25.8 Å². The zero-order valence-electron chi connectivity index (χ0n) is 18.8. The van der Waals surface area contributed by atoms with Crippen LogP contribution in [0.15, 0.2) is 18.2 Å². The third kappa shape index (κ3) is 5.13. The summed E-state index contributed by atoms with van der Waals surface area (Å²) in [6.07, 6.45) is 2.90. The van der Waals surface area contributed by atoms with Gasteiger partial charge in [-0.25, -0.2) is 0 Å². The summed E-state index contributed by atoms with van der Waals surface area (Å²) in [7, 11) is 5.56. The first kappa shape index (κ1) is 22.6. The van der Waals surface area contributed by atoms with Crippen LogP contribution in [0.1, 0.15) is 43.5 Å². The Kier molecular flexibility index (Phi) is 7.36. The van der Waals surface area contributed by atoms with E-state index in [1.54, 1.807) is 31.2 Å². The van der Waals surface area contributed by atoms with E-state index in [0.29, 0.717) is 30.2 Å². The lowest BCUT2D eigenvalue weighted by Gasteiger charge is -2.34. The van der Waals surface area contributed by atoms with Gasteiger partial charge in [0.1, 0.15) is 12.4 Å². The van der Waals surface area contributed by atoms with Crippen LogP contribution in [0.3, 0.4) is 0 Å². The van der Waals surface area contributed by atoms with Crippen LogP contribution in [0.25, 0.3) is 0 Å². The van der Waals surface area contributed by atoms with Crippen molar-refractivity contribution in [3.05, 3.63) is 23.8 Å². The summed E-state index contributed by atoms with van der Waals surface area (Å²) in [5.41, 5.74) is 1.09. The van der Waals surface area contributed by atoms with Gasteiger partial charge in [-0.15, -0.1) is 0 Å². The molecule has 1 N–H and O–H groups in total. The second-order valence-electron chi connectivity index (χ2n) is 8.86. The smallest absolute Gasteiger partial charge is 0.257 e. The SMILES string of the molecule is CO[C@H]1CN(C)C(=O)c2cc(NC(=O)C3CCC3)ccc2OC[C@H](C)N(C)C[C@H]1C. The van der Waals surface area contributed by atoms with Gasteiger partial charge in [-0.1, -0.05) is 13.3 Å². The molecule has 7 heteroatoms. The van der Waals surface area contributed by atoms with Gasteiger partial charge in [0.2, 0.25) is 5.91 Å². The normalized spacial score (nSPS) is 26.6. The molecule has 2 amide bonds. The van der Waals surface area contributed by atoms with Gasteiger partial charge in [0.25, 0.3) is 5.91 Å². The molecule has 2 aliphatic rings. The molecule has 30 heavy (non-hydrogen) atoms. The van der Waals surface area contributed by atoms with Crippen molar-refractivity contribution in [2.45, 2.75) is 45.3 Å². The summed E-state index contributed by atoms with van der Waals surface area (Å²) in [6.45, 7) is 6.06. The Hall–Kier alpha value is -2.12. The van der Waals surface area contributed by atoms with Gasteiger partial charge >= 0.3 is 0 Å². The predicted molar refractivity (Wildman–Crippen MR) is 117 cm³/mol. The number of hydrogen-bond acceptors (Lipinski definition) is 5. The van der Waals surface area contributed by atoms with Gasteiger partial charge in [0.15, 0.2) is 0 Å². The number of methoxy groups -OCH3 is 1. The van der Waals surface area contributed by atoms with E-state index < -0.39 is 0 Å². The van der Waals surface area contributed by atoms with Crippen LogP contribution in [0.2, 0.25) is 0 Å². The van der Waals surface area contributed by atoms with E-state index in [1.165, 1.54) is 0 Å². The van der Waals surface area contributed by atoms with Gasteiger partial charge in [-0.05, 0) is 50.9 Å². The van der Waals surface area contributed by atoms with Crippen LogP contribution in [-0.2, 0) is 9.53 Å². The Balaban J connectivity index is 1.88. The fraction of sp³-hybridized carbons (Fsp3) is 0.652. The quantitative estimate of drug-likeness (QED) is 0.819. The third-order valence-corrected chi connectivity index (χ3v) is 6.50. The minimum absolute atomic E-state index is 0.0274. The molecule has 7 nitrogen and oxygen atoms in total. The van der Waals surface area contributed by atoms with Crippen LogP contribution in [0, 0.1) is 11.8 Å². The van der Waals surface area contributed by atoms with E-state index in [-0.39, 0.29) is 35.8 Å². The van der Waals surface area contributed by atoms with Gasteiger partial charge in [0.05, 0.1) is 11.7 Å². The number of carbonyl (C=O) groups is 2. The molecule has 1 aromatic rings. The highest BCUT2D eigenvalue weighted by Crippen LogP contribution is 2.30. The Labute approximate surface area is 179 Å². The minimum atomic E-state index is -0.138. The van der Waals surface area contributed by atoms with Gasteiger partial charge < -0.3 is 19.7 Å². The Bertz CT molecular complexity index is 765. The molecule has 1 aliphatic carbocycles. The fourth-order valence-electron chi connectivity index (χ4n) is 3.95. The second kappa shape index (κ2) is 9.79. The Morgan fingerprint density at radius 1 is 1.20 bits per heavy atom.